The normalized spacial score (nSPS) is 11.6. The van der Waals surface area contributed by atoms with E-state index < -0.39 is 5.41 Å². The molecule has 0 radical (unpaired) electrons. The predicted octanol–water partition coefficient (Wildman–Crippen LogP) is 7.46. The molecule has 1 heterocycles. The minimum Gasteiger partial charge on any atom is -0.400 e. The van der Waals surface area contributed by atoms with Gasteiger partial charge in [-0.3, -0.25) is 4.79 Å². The van der Waals surface area contributed by atoms with Crippen molar-refractivity contribution >= 4 is 34.6 Å². The fourth-order valence-electron chi connectivity index (χ4n) is 4.45. The van der Waals surface area contributed by atoms with Gasteiger partial charge in [-0.25, -0.2) is 0 Å². The van der Waals surface area contributed by atoms with Crippen molar-refractivity contribution in [3.05, 3.63) is 69.9 Å². The van der Waals surface area contributed by atoms with Crippen molar-refractivity contribution in [3.63, 3.8) is 0 Å². The number of carbonyl (C=O) groups is 2. The van der Waals surface area contributed by atoms with Gasteiger partial charge < -0.3 is 14.5 Å². The molecule has 0 unspecified atom stereocenters. The number of halogens is 1. The first kappa shape index (κ1) is 28.8. The summed E-state index contributed by atoms with van der Waals surface area (Å²) in [6, 6.07) is 13.5. The molecule has 3 rings (SSSR count). The molecule has 5 heteroatoms. The lowest BCUT2D eigenvalue weighted by atomic mass is 9.86. The van der Waals surface area contributed by atoms with Crippen LogP contribution in [0.2, 0.25) is 5.02 Å². The summed E-state index contributed by atoms with van der Waals surface area (Å²) in [4.78, 5) is 25.8. The molecule has 0 spiro atoms. The van der Waals surface area contributed by atoms with Crippen molar-refractivity contribution in [1.29, 1.82) is 0 Å². The standard InChI is InChI=1S/C29H36ClNO2.CH4O/c1-7-20(8-2)17-31-25-15-22(19(3)4)11-14-24(25)27(26(31)16-29(5,6)18-32)28(33)21-9-12-23(30)13-10-21;1-2/h9-15,18-20H,7-8,16-17H2,1-6H3;2H,1H3. The van der Waals surface area contributed by atoms with Crippen LogP contribution in [0.25, 0.3) is 10.9 Å². The molecular formula is C30H40ClNO3. The molecular weight excluding hydrogens is 458 g/mol. The number of benzene rings is 2. The molecule has 0 aliphatic carbocycles. The van der Waals surface area contributed by atoms with E-state index in [9.17, 15) is 9.59 Å². The highest BCUT2D eigenvalue weighted by atomic mass is 35.5. The van der Waals surface area contributed by atoms with Crippen molar-refractivity contribution in [2.75, 3.05) is 7.11 Å². The number of carbonyl (C=O) groups excluding carboxylic acids is 2. The summed E-state index contributed by atoms with van der Waals surface area (Å²) in [6.45, 7) is 13.5. The second-order valence-corrected chi connectivity index (χ2v) is 10.6. The molecule has 1 N–H and O–H groups in total. The van der Waals surface area contributed by atoms with Crippen LogP contribution in [0.1, 0.15) is 87.5 Å². The van der Waals surface area contributed by atoms with E-state index >= 15 is 0 Å². The van der Waals surface area contributed by atoms with Gasteiger partial charge in [0.15, 0.2) is 5.78 Å². The lowest BCUT2D eigenvalue weighted by Gasteiger charge is -2.23. The van der Waals surface area contributed by atoms with E-state index in [0.29, 0.717) is 34.4 Å². The fourth-order valence-corrected chi connectivity index (χ4v) is 4.57. The fraction of sp³-hybridized carbons (Fsp3) is 0.467. The van der Waals surface area contributed by atoms with Crippen molar-refractivity contribution in [2.24, 2.45) is 11.3 Å². The minimum atomic E-state index is -0.573. The molecule has 1 aromatic heterocycles. The first-order valence-electron chi connectivity index (χ1n) is 12.5. The first-order chi connectivity index (χ1) is 16.6. The number of nitrogens with zero attached hydrogens (tertiary/aromatic N) is 1. The second-order valence-electron chi connectivity index (χ2n) is 10.2. The maximum Gasteiger partial charge on any atom is 0.195 e. The average molecular weight is 498 g/mol. The zero-order chi connectivity index (χ0) is 26.3. The van der Waals surface area contributed by atoms with Gasteiger partial charge in [-0.2, -0.15) is 0 Å². The van der Waals surface area contributed by atoms with Gasteiger partial charge in [-0.15, -0.1) is 0 Å². The van der Waals surface area contributed by atoms with Crippen LogP contribution in [0.3, 0.4) is 0 Å². The molecule has 0 aliphatic rings. The van der Waals surface area contributed by atoms with Gasteiger partial charge in [0.05, 0.1) is 5.56 Å². The molecule has 0 saturated heterocycles. The summed E-state index contributed by atoms with van der Waals surface area (Å²) in [7, 11) is 1.00. The van der Waals surface area contributed by atoms with Crippen LogP contribution in [0.5, 0.6) is 0 Å². The smallest absolute Gasteiger partial charge is 0.195 e. The lowest BCUT2D eigenvalue weighted by molar-refractivity contribution is -0.114. The molecule has 0 atom stereocenters. The maximum absolute atomic E-state index is 13.9. The van der Waals surface area contributed by atoms with Crippen LogP contribution >= 0.6 is 11.6 Å². The van der Waals surface area contributed by atoms with E-state index in [0.717, 1.165) is 49.4 Å². The van der Waals surface area contributed by atoms with Crippen molar-refractivity contribution in [3.8, 4) is 0 Å². The Morgan fingerprint density at radius 1 is 1.06 bits per heavy atom. The van der Waals surface area contributed by atoms with Crippen LogP contribution in [-0.2, 0) is 17.8 Å². The summed E-state index contributed by atoms with van der Waals surface area (Å²) in [5.41, 5.74) is 4.03. The lowest BCUT2D eigenvalue weighted by Crippen LogP contribution is -2.22. The highest BCUT2D eigenvalue weighted by molar-refractivity contribution is 6.30. The van der Waals surface area contributed by atoms with Crippen molar-refractivity contribution in [1.82, 2.24) is 4.57 Å². The highest BCUT2D eigenvalue weighted by Crippen LogP contribution is 2.35. The number of aromatic nitrogens is 1. The minimum absolute atomic E-state index is 0.0195. The second kappa shape index (κ2) is 12.5. The zero-order valence-corrected chi connectivity index (χ0v) is 22.9. The van der Waals surface area contributed by atoms with Gasteiger partial charge in [-0.1, -0.05) is 78.1 Å². The molecule has 0 saturated carbocycles. The van der Waals surface area contributed by atoms with E-state index in [1.807, 2.05) is 13.8 Å². The molecule has 4 nitrogen and oxygen atoms in total. The van der Waals surface area contributed by atoms with E-state index in [4.69, 9.17) is 16.7 Å². The molecule has 2 aromatic carbocycles. The maximum atomic E-state index is 13.9. The van der Waals surface area contributed by atoms with Crippen LogP contribution in [0.15, 0.2) is 42.5 Å². The predicted molar refractivity (Wildman–Crippen MR) is 147 cm³/mol. The number of fused-ring (bicyclic) bond motifs is 1. The molecule has 0 bridgehead atoms. The Kier molecular flexibility index (Phi) is 10.3. The van der Waals surface area contributed by atoms with Crippen LogP contribution in [-0.4, -0.2) is 28.9 Å². The quantitative estimate of drug-likeness (QED) is 0.233. The summed E-state index contributed by atoms with van der Waals surface area (Å²) in [5, 5.41) is 8.56. The zero-order valence-electron chi connectivity index (χ0n) is 22.2. The number of hydrogen-bond acceptors (Lipinski definition) is 3. The van der Waals surface area contributed by atoms with Gasteiger partial charge in [-0.05, 0) is 47.7 Å². The highest BCUT2D eigenvalue weighted by Gasteiger charge is 2.29. The third kappa shape index (κ3) is 6.62. The van der Waals surface area contributed by atoms with Gasteiger partial charge in [0.1, 0.15) is 6.29 Å². The van der Waals surface area contributed by atoms with E-state index in [1.165, 1.54) is 5.56 Å². The number of ketones is 1. The Bertz CT molecular complexity index is 1140. The Morgan fingerprint density at radius 3 is 2.17 bits per heavy atom. The number of aliphatic hydroxyl groups is 1. The van der Waals surface area contributed by atoms with Gasteiger partial charge in [0, 0.05) is 52.7 Å². The number of aldehydes is 1. The van der Waals surface area contributed by atoms with Crippen molar-refractivity contribution < 1.29 is 14.7 Å². The first-order valence-corrected chi connectivity index (χ1v) is 12.9. The molecule has 190 valence electrons. The van der Waals surface area contributed by atoms with Crippen LogP contribution in [0, 0.1) is 11.3 Å². The molecule has 0 fully saturated rings. The summed E-state index contributed by atoms with van der Waals surface area (Å²) in [6.07, 6.45) is 3.65. The van der Waals surface area contributed by atoms with Gasteiger partial charge in [0.2, 0.25) is 0 Å². The summed E-state index contributed by atoms with van der Waals surface area (Å²) in [5.74, 6) is 0.866. The monoisotopic (exact) mass is 497 g/mol. The van der Waals surface area contributed by atoms with Gasteiger partial charge >= 0.3 is 0 Å². The average Bonchev–Trinajstić information content (AvgIpc) is 3.14. The number of aliphatic hydroxyl groups excluding tert-OH is 1. The molecule has 3 aromatic rings. The number of hydrogen-bond donors (Lipinski definition) is 1. The Morgan fingerprint density at radius 2 is 1.66 bits per heavy atom. The van der Waals surface area contributed by atoms with Crippen molar-refractivity contribution in [2.45, 2.75) is 73.3 Å². The Hall–Kier alpha value is -2.43. The summed E-state index contributed by atoms with van der Waals surface area (Å²) >= 11 is 6.08. The van der Waals surface area contributed by atoms with E-state index in [2.05, 4.69) is 50.5 Å². The van der Waals surface area contributed by atoms with Crippen LogP contribution in [0.4, 0.5) is 0 Å². The van der Waals surface area contributed by atoms with Gasteiger partial charge in [0.25, 0.3) is 0 Å². The molecule has 0 aliphatic heterocycles. The Labute approximate surface area is 215 Å². The third-order valence-corrected chi connectivity index (χ3v) is 6.99. The van der Waals surface area contributed by atoms with Crippen LogP contribution < -0.4 is 0 Å². The third-order valence-electron chi connectivity index (χ3n) is 6.73. The topological polar surface area (TPSA) is 59.3 Å². The largest absolute Gasteiger partial charge is 0.400 e. The SMILES string of the molecule is CCC(CC)Cn1c(CC(C)(C)C=O)c(C(=O)c2ccc(Cl)cc2)c2ccc(C(C)C)cc21.CO. The van der Waals surface area contributed by atoms with E-state index in [1.54, 1.807) is 24.3 Å². The molecule has 0 amide bonds. The summed E-state index contributed by atoms with van der Waals surface area (Å²) < 4.78 is 2.33. The Balaban J connectivity index is 0.00000210. The van der Waals surface area contributed by atoms with E-state index in [-0.39, 0.29) is 5.78 Å². The molecule has 35 heavy (non-hydrogen) atoms. The number of rotatable bonds is 10.